The van der Waals surface area contributed by atoms with Gasteiger partial charge >= 0.3 is 0 Å². The Morgan fingerprint density at radius 2 is 1.89 bits per heavy atom. The van der Waals surface area contributed by atoms with Gasteiger partial charge in [-0.3, -0.25) is 9.80 Å². The van der Waals surface area contributed by atoms with Gasteiger partial charge < -0.3 is 10.7 Å². The highest BCUT2D eigenvalue weighted by molar-refractivity contribution is 6.31. The molecule has 0 saturated carbocycles. The highest BCUT2D eigenvalue weighted by Crippen LogP contribution is 2.25. The number of anilines is 3. The lowest BCUT2D eigenvalue weighted by molar-refractivity contribution is 0.337. The van der Waals surface area contributed by atoms with E-state index in [-0.39, 0.29) is 0 Å². The van der Waals surface area contributed by atoms with Gasteiger partial charge in [-0.2, -0.15) is 0 Å². The van der Waals surface area contributed by atoms with Crippen LogP contribution >= 0.6 is 11.6 Å². The van der Waals surface area contributed by atoms with Gasteiger partial charge in [0.2, 0.25) is 5.95 Å². The van der Waals surface area contributed by atoms with Crippen LogP contribution in [0.3, 0.4) is 0 Å². The molecule has 8 heteroatoms. The van der Waals surface area contributed by atoms with Gasteiger partial charge in [0.15, 0.2) is 0 Å². The molecule has 3 aromatic rings. The van der Waals surface area contributed by atoms with Gasteiger partial charge in [0, 0.05) is 44.2 Å². The van der Waals surface area contributed by atoms with E-state index in [0.717, 1.165) is 30.7 Å². The number of nitrogen functional groups attached to an aromatic ring is 1. The Bertz CT molecular complexity index is 972. The first-order valence-corrected chi connectivity index (χ1v) is 9.34. The van der Waals surface area contributed by atoms with Crippen molar-refractivity contribution in [2.75, 3.05) is 37.3 Å². The number of hydrogen-bond acceptors (Lipinski definition) is 6. The predicted octanol–water partition coefficient (Wildman–Crippen LogP) is 3.57. The summed E-state index contributed by atoms with van der Waals surface area (Å²) in [5, 5.41) is 0.655. The molecule has 0 bridgehead atoms. The molecule has 2 heterocycles. The first kappa shape index (κ1) is 19.9. The minimum Gasteiger partial charge on any atom is -0.384 e. The molecule has 0 saturated heterocycles. The average Bonchev–Trinajstić information content (AvgIpc) is 3.08. The van der Waals surface area contributed by atoms with E-state index >= 15 is 0 Å². The second kappa shape index (κ2) is 8.86. The molecule has 0 aliphatic rings. The summed E-state index contributed by atoms with van der Waals surface area (Å²) in [5.74, 6) is 2.43. The number of nitrogens with zero attached hydrogens (tertiary/aromatic N) is 5. The number of nitrogens with two attached hydrogens (primary N) is 1. The van der Waals surface area contributed by atoms with Gasteiger partial charge in [0.05, 0.1) is 11.0 Å². The molecule has 2 aromatic heterocycles. The summed E-state index contributed by atoms with van der Waals surface area (Å²) < 4.78 is 0. The summed E-state index contributed by atoms with van der Waals surface area (Å²) in [4.78, 5) is 20.9. The predicted molar refractivity (Wildman–Crippen MR) is 116 cm³/mol. The number of aromatic amines is 1. The molecule has 0 amide bonds. The minimum absolute atomic E-state index is 0.421. The summed E-state index contributed by atoms with van der Waals surface area (Å²) in [6, 6.07) is 7.26. The standard InChI is InChI=1S/C20H24ClN7/c1-4-9-28(10-5-2)11-8-18-25-17(22)13-19(26-18)27(3)20-23-15-7-6-14(21)12-16(15)24-20/h4-7,12-13H,1-2,8-11H2,3H3,(H,23,24)(H2,22,25,26). The third-order valence-corrected chi connectivity index (χ3v) is 4.53. The van der Waals surface area contributed by atoms with Crippen LogP contribution in [-0.2, 0) is 6.42 Å². The number of halogens is 1. The first-order valence-electron chi connectivity index (χ1n) is 8.96. The molecule has 0 unspecified atom stereocenters. The van der Waals surface area contributed by atoms with Crippen LogP contribution in [-0.4, -0.2) is 51.5 Å². The number of fused-ring (bicyclic) bond motifs is 1. The smallest absolute Gasteiger partial charge is 0.209 e. The summed E-state index contributed by atoms with van der Waals surface area (Å²) >= 11 is 6.06. The van der Waals surface area contributed by atoms with Crippen molar-refractivity contribution < 1.29 is 0 Å². The highest BCUT2D eigenvalue weighted by atomic mass is 35.5. The molecule has 0 aliphatic carbocycles. The third kappa shape index (κ3) is 4.68. The van der Waals surface area contributed by atoms with Crippen LogP contribution < -0.4 is 10.6 Å². The number of hydrogen-bond donors (Lipinski definition) is 2. The molecule has 0 spiro atoms. The average molecular weight is 398 g/mol. The number of aromatic nitrogens is 4. The summed E-state index contributed by atoms with van der Waals surface area (Å²) in [5.41, 5.74) is 7.72. The topological polar surface area (TPSA) is 87.0 Å². The van der Waals surface area contributed by atoms with E-state index in [1.165, 1.54) is 0 Å². The van der Waals surface area contributed by atoms with Crippen molar-refractivity contribution in [1.82, 2.24) is 24.8 Å². The van der Waals surface area contributed by atoms with E-state index in [9.17, 15) is 0 Å². The zero-order valence-electron chi connectivity index (χ0n) is 15.9. The van der Waals surface area contributed by atoms with E-state index < -0.39 is 0 Å². The fourth-order valence-electron chi connectivity index (χ4n) is 2.90. The zero-order chi connectivity index (χ0) is 20.1. The Hall–Kier alpha value is -2.90. The van der Waals surface area contributed by atoms with Gasteiger partial charge in [-0.25, -0.2) is 15.0 Å². The highest BCUT2D eigenvalue weighted by Gasteiger charge is 2.14. The van der Waals surface area contributed by atoms with Crippen LogP contribution in [0, 0.1) is 0 Å². The van der Waals surface area contributed by atoms with Gasteiger partial charge in [-0.1, -0.05) is 23.8 Å². The van der Waals surface area contributed by atoms with E-state index in [1.807, 2.05) is 42.3 Å². The number of rotatable bonds is 9. The Kier molecular flexibility index (Phi) is 6.28. The number of H-pyrrole nitrogens is 1. The normalized spacial score (nSPS) is 11.1. The Morgan fingerprint density at radius 3 is 2.61 bits per heavy atom. The molecule has 0 radical (unpaired) electrons. The molecule has 3 rings (SSSR count). The second-order valence-electron chi connectivity index (χ2n) is 6.44. The SMILES string of the molecule is C=CCN(CC=C)CCc1nc(N)cc(N(C)c2nc3ccc(Cl)cc3[nH]2)n1. The molecule has 146 valence electrons. The van der Waals surface area contributed by atoms with Crippen molar-refractivity contribution in [2.45, 2.75) is 6.42 Å². The van der Waals surface area contributed by atoms with Gasteiger partial charge in [0.25, 0.3) is 0 Å². The quantitative estimate of drug-likeness (QED) is 0.537. The molecule has 3 N–H and O–H groups in total. The van der Waals surface area contributed by atoms with Crippen LogP contribution in [0.4, 0.5) is 17.6 Å². The lowest BCUT2D eigenvalue weighted by atomic mass is 10.3. The van der Waals surface area contributed by atoms with Crippen LogP contribution in [0.25, 0.3) is 11.0 Å². The second-order valence-corrected chi connectivity index (χ2v) is 6.87. The Balaban J connectivity index is 1.81. The first-order chi connectivity index (χ1) is 13.5. The van der Waals surface area contributed by atoms with Crippen molar-refractivity contribution in [1.29, 1.82) is 0 Å². The molecule has 0 fully saturated rings. The van der Waals surface area contributed by atoms with Crippen LogP contribution in [0.5, 0.6) is 0 Å². The Morgan fingerprint density at radius 1 is 1.14 bits per heavy atom. The molecular weight excluding hydrogens is 374 g/mol. The maximum Gasteiger partial charge on any atom is 0.209 e. The summed E-state index contributed by atoms with van der Waals surface area (Å²) in [7, 11) is 1.88. The minimum atomic E-state index is 0.421. The number of benzene rings is 1. The zero-order valence-corrected chi connectivity index (χ0v) is 16.7. The summed E-state index contributed by atoms with van der Waals surface area (Å²) in [6.07, 6.45) is 4.41. The van der Waals surface area contributed by atoms with Crippen molar-refractivity contribution in [3.8, 4) is 0 Å². The van der Waals surface area contributed by atoms with E-state index in [1.54, 1.807) is 6.07 Å². The molecular formula is C20H24ClN7. The molecule has 1 aromatic carbocycles. The Labute approximate surface area is 169 Å². The fraction of sp³-hybridized carbons (Fsp3) is 0.250. The van der Waals surface area contributed by atoms with Gasteiger partial charge in [0.1, 0.15) is 17.5 Å². The largest absolute Gasteiger partial charge is 0.384 e. The van der Waals surface area contributed by atoms with Gasteiger partial charge in [-0.15, -0.1) is 13.2 Å². The molecule has 0 aliphatic heterocycles. The van der Waals surface area contributed by atoms with E-state index in [4.69, 9.17) is 17.3 Å². The molecule has 0 atom stereocenters. The van der Waals surface area contributed by atoms with Crippen LogP contribution in [0.2, 0.25) is 5.02 Å². The van der Waals surface area contributed by atoms with Crippen molar-refractivity contribution in [2.24, 2.45) is 0 Å². The number of imidazole rings is 1. The number of nitrogens with one attached hydrogen (secondary N) is 1. The summed E-state index contributed by atoms with van der Waals surface area (Å²) in [6.45, 7) is 9.93. The van der Waals surface area contributed by atoms with Crippen molar-refractivity contribution in [3.63, 3.8) is 0 Å². The third-order valence-electron chi connectivity index (χ3n) is 4.30. The van der Waals surface area contributed by atoms with Crippen molar-refractivity contribution >= 4 is 40.2 Å². The van der Waals surface area contributed by atoms with Crippen LogP contribution in [0.1, 0.15) is 5.82 Å². The fourth-order valence-corrected chi connectivity index (χ4v) is 3.07. The van der Waals surface area contributed by atoms with Crippen LogP contribution in [0.15, 0.2) is 49.6 Å². The monoisotopic (exact) mass is 397 g/mol. The van der Waals surface area contributed by atoms with Crippen molar-refractivity contribution in [3.05, 3.63) is 60.4 Å². The van der Waals surface area contributed by atoms with Gasteiger partial charge in [-0.05, 0) is 18.2 Å². The molecule has 28 heavy (non-hydrogen) atoms. The molecule has 7 nitrogen and oxygen atoms in total. The lowest BCUT2D eigenvalue weighted by Crippen LogP contribution is -2.27. The van der Waals surface area contributed by atoms with E-state index in [0.29, 0.717) is 34.9 Å². The maximum atomic E-state index is 6.06. The van der Waals surface area contributed by atoms with E-state index in [2.05, 4.69) is 38.0 Å². The maximum absolute atomic E-state index is 6.06. The lowest BCUT2D eigenvalue weighted by Gasteiger charge is -2.19.